The number of hydrogen-bond acceptors (Lipinski definition) is 8. The number of piperidine rings is 1. The Balaban J connectivity index is 1.52. The van der Waals surface area contributed by atoms with Crippen LogP contribution in [0.3, 0.4) is 0 Å². The van der Waals surface area contributed by atoms with Crippen LogP contribution in [0, 0.1) is 5.92 Å². The van der Waals surface area contributed by atoms with Crippen molar-refractivity contribution >= 4 is 27.3 Å². The van der Waals surface area contributed by atoms with Crippen LogP contribution < -0.4 is 25.2 Å². The molecule has 9 nitrogen and oxygen atoms in total. The van der Waals surface area contributed by atoms with E-state index in [1.54, 1.807) is 32.4 Å². The predicted molar refractivity (Wildman–Crippen MR) is 118 cm³/mol. The second-order valence-electron chi connectivity index (χ2n) is 7.59. The van der Waals surface area contributed by atoms with Crippen LogP contribution in [-0.2, 0) is 6.54 Å². The number of fused-ring (bicyclic) bond motifs is 1. The molecule has 164 valence electrons. The predicted octanol–water partition coefficient (Wildman–Crippen LogP) is 2.33. The third-order valence-corrected chi connectivity index (χ3v) is 6.49. The third kappa shape index (κ3) is 4.34. The fraction of sp³-hybridized carbons (Fsp3) is 0.429. The molecule has 1 aromatic carbocycles. The molecule has 10 heteroatoms. The molecule has 0 spiro atoms. The molecular formula is C21H25N5O4S. The van der Waals surface area contributed by atoms with Crippen LogP contribution in [0.25, 0.3) is 4.96 Å². The van der Waals surface area contributed by atoms with Crippen LogP contribution in [0.15, 0.2) is 29.2 Å². The van der Waals surface area contributed by atoms with Crippen LogP contribution in [0.2, 0.25) is 0 Å². The molecule has 1 saturated heterocycles. The van der Waals surface area contributed by atoms with Crippen molar-refractivity contribution in [1.82, 2.24) is 19.9 Å². The summed E-state index contributed by atoms with van der Waals surface area (Å²) in [4.78, 5) is 32.5. The van der Waals surface area contributed by atoms with E-state index >= 15 is 0 Å². The largest absolute Gasteiger partial charge is 0.497 e. The summed E-state index contributed by atoms with van der Waals surface area (Å²) >= 11 is 1.36. The summed E-state index contributed by atoms with van der Waals surface area (Å²) in [5, 5.41) is 7.96. The first-order valence-electron chi connectivity index (χ1n) is 10.1. The molecule has 3 aromatic rings. The molecule has 1 amide bonds. The number of benzene rings is 1. The Hall–Kier alpha value is -3.14. The second-order valence-corrected chi connectivity index (χ2v) is 8.52. The number of ether oxygens (including phenoxy) is 2. The van der Waals surface area contributed by atoms with Crippen molar-refractivity contribution < 1.29 is 14.3 Å². The molecule has 1 N–H and O–H groups in total. The highest BCUT2D eigenvalue weighted by Crippen LogP contribution is 2.27. The normalized spacial score (nSPS) is 14.6. The average Bonchev–Trinajstić information content (AvgIpc) is 3.23. The molecule has 0 aliphatic carbocycles. The molecule has 0 atom stereocenters. The standard InChI is InChI=1S/C21H25N5O4S/c1-13-6-8-25(9-7-13)21-24-26-19(28)16(12-23-20(26)31-21)18(27)22-11-14-4-5-15(29-2)10-17(14)30-3/h4-5,10,12-13H,6-9,11H2,1-3H3,(H,22,27). The Morgan fingerprint density at radius 2 is 2.03 bits per heavy atom. The molecule has 1 aliphatic rings. The maximum atomic E-state index is 12.9. The van der Waals surface area contributed by atoms with Gasteiger partial charge in [-0.2, -0.15) is 4.52 Å². The third-order valence-electron chi connectivity index (χ3n) is 5.51. The summed E-state index contributed by atoms with van der Waals surface area (Å²) in [7, 11) is 3.12. The highest BCUT2D eigenvalue weighted by Gasteiger charge is 2.21. The van der Waals surface area contributed by atoms with Gasteiger partial charge in [0.15, 0.2) is 0 Å². The van der Waals surface area contributed by atoms with Crippen LogP contribution in [-0.4, -0.2) is 47.8 Å². The van der Waals surface area contributed by atoms with Crippen molar-refractivity contribution in [2.24, 2.45) is 5.92 Å². The van der Waals surface area contributed by atoms with E-state index in [0.717, 1.165) is 36.6 Å². The van der Waals surface area contributed by atoms with Gasteiger partial charge in [-0.3, -0.25) is 9.59 Å². The summed E-state index contributed by atoms with van der Waals surface area (Å²) in [5.41, 5.74) is 0.243. The fourth-order valence-electron chi connectivity index (χ4n) is 3.53. The minimum Gasteiger partial charge on any atom is -0.497 e. The molecule has 0 unspecified atom stereocenters. The number of nitrogens with one attached hydrogen (secondary N) is 1. The smallest absolute Gasteiger partial charge is 0.288 e. The number of methoxy groups -OCH3 is 2. The lowest BCUT2D eigenvalue weighted by atomic mass is 10.00. The van der Waals surface area contributed by atoms with Crippen molar-refractivity contribution in [3.8, 4) is 11.5 Å². The summed E-state index contributed by atoms with van der Waals surface area (Å²) in [5.74, 6) is 1.43. The lowest BCUT2D eigenvalue weighted by molar-refractivity contribution is 0.0948. The van der Waals surface area contributed by atoms with Gasteiger partial charge in [0, 0.05) is 37.5 Å². The summed E-state index contributed by atoms with van der Waals surface area (Å²) < 4.78 is 11.8. The number of aromatic nitrogens is 3. The maximum Gasteiger partial charge on any atom is 0.288 e. The van der Waals surface area contributed by atoms with Crippen LogP contribution in [0.4, 0.5) is 5.13 Å². The molecular weight excluding hydrogens is 418 g/mol. The number of anilines is 1. The van der Waals surface area contributed by atoms with Gasteiger partial charge >= 0.3 is 0 Å². The van der Waals surface area contributed by atoms with Gasteiger partial charge in [-0.05, 0) is 30.9 Å². The molecule has 2 aromatic heterocycles. The quantitative estimate of drug-likeness (QED) is 0.624. The van der Waals surface area contributed by atoms with Gasteiger partial charge in [-0.15, -0.1) is 5.10 Å². The first-order valence-corrected chi connectivity index (χ1v) is 10.9. The Morgan fingerprint density at radius 1 is 1.26 bits per heavy atom. The van der Waals surface area contributed by atoms with E-state index in [9.17, 15) is 9.59 Å². The van der Waals surface area contributed by atoms with E-state index < -0.39 is 11.5 Å². The molecule has 1 aliphatic heterocycles. The van der Waals surface area contributed by atoms with Crippen LogP contribution >= 0.6 is 11.3 Å². The molecule has 1 fully saturated rings. The lowest BCUT2D eigenvalue weighted by Crippen LogP contribution is -2.33. The minimum absolute atomic E-state index is 0.0471. The Bertz CT molecular complexity index is 1150. The van der Waals surface area contributed by atoms with Gasteiger partial charge in [-0.25, -0.2) is 4.98 Å². The zero-order valence-corrected chi connectivity index (χ0v) is 18.6. The number of rotatable bonds is 6. The summed E-state index contributed by atoms with van der Waals surface area (Å²) in [6, 6.07) is 5.32. The number of hydrogen-bond donors (Lipinski definition) is 1. The highest BCUT2D eigenvalue weighted by atomic mass is 32.1. The van der Waals surface area contributed by atoms with Crippen molar-refractivity contribution in [3.63, 3.8) is 0 Å². The second kappa shape index (κ2) is 8.93. The molecule has 3 heterocycles. The van der Waals surface area contributed by atoms with Gasteiger partial charge in [0.2, 0.25) is 10.1 Å². The molecule has 31 heavy (non-hydrogen) atoms. The van der Waals surface area contributed by atoms with Gasteiger partial charge in [0.1, 0.15) is 17.1 Å². The van der Waals surface area contributed by atoms with E-state index in [4.69, 9.17) is 9.47 Å². The Kier molecular flexibility index (Phi) is 6.08. The fourth-order valence-corrected chi connectivity index (χ4v) is 4.44. The Labute approximate surface area is 183 Å². The van der Waals surface area contributed by atoms with Crippen LogP contribution in [0.1, 0.15) is 35.7 Å². The lowest BCUT2D eigenvalue weighted by Gasteiger charge is -2.29. The SMILES string of the molecule is COc1ccc(CNC(=O)c2cnc3sc(N4CCC(C)CC4)nn3c2=O)c(OC)c1. The van der Waals surface area contributed by atoms with Gasteiger partial charge in [-0.1, -0.05) is 18.3 Å². The molecule has 4 rings (SSSR count). The Morgan fingerprint density at radius 3 is 2.74 bits per heavy atom. The molecule has 0 bridgehead atoms. The van der Waals surface area contributed by atoms with Crippen molar-refractivity contribution in [2.75, 3.05) is 32.2 Å². The average molecular weight is 444 g/mol. The number of nitrogens with zero attached hydrogens (tertiary/aromatic N) is 4. The topological polar surface area (TPSA) is 98.1 Å². The van der Waals surface area contributed by atoms with Gasteiger partial charge < -0.3 is 19.7 Å². The van der Waals surface area contributed by atoms with Crippen LogP contribution in [0.5, 0.6) is 11.5 Å². The monoisotopic (exact) mass is 443 g/mol. The first-order chi connectivity index (χ1) is 15.0. The minimum atomic E-state index is -0.508. The van der Waals surface area contributed by atoms with Crippen molar-refractivity contribution in [2.45, 2.75) is 26.3 Å². The maximum absolute atomic E-state index is 12.9. The number of amides is 1. The van der Waals surface area contributed by atoms with E-state index in [2.05, 4.69) is 27.2 Å². The first kappa shape index (κ1) is 21.1. The number of carbonyl (C=O) groups excluding carboxylic acids is 1. The highest BCUT2D eigenvalue weighted by molar-refractivity contribution is 7.20. The van der Waals surface area contributed by atoms with E-state index in [1.807, 2.05) is 0 Å². The van der Waals surface area contributed by atoms with Crippen molar-refractivity contribution in [1.29, 1.82) is 0 Å². The zero-order chi connectivity index (χ0) is 22.0. The van der Waals surface area contributed by atoms with Gasteiger partial charge in [0.25, 0.3) is 11.5 Å². The number of carbonyl (C=O) groups is 1. The summed E-state index contributed by atoms with van der Waals surface area (Å²) in [6.07, 6.45) is 3.51. The van der Waals surface area contributed by atoms with Gasteiger partial charge in [0.05, 0.1) is 14.2 Å². The van der Waals surface area contributed by atoms with E-state index in [-0.39, 0.29) is 12.1 Å². The van der Waals surface area contributed by atoms with Crippen molar-refractivity contribution in [3.05, 3.63) is 45.9 Å². The van der Waals surface area contributed by atoms with E-state index in [0.29, 0.717) is 22.4 Å². The zero-order valence-electron chi connectivity index (χ0n) is 17.8. The molecule has 0 radical (unpaired) electrons. The van der Waals surface area contributed by atoms with E-state index in [1.165, 1.54) is 22.0 Å². The molecule has 0 saturated carbocycles. The summed E-state index contributed by atoms with van der Waals surface area (Å²) in [6.45, 7) is 4.26.